The molecule has 0 fully saturated rings. The fraction of sp³-hybridized carbons (Fsp3) is 0.269. The van der Waals surface area contributed by atoms with E-state index in [9.17, 15) is 19.1 Å². The standard InChI is InChI=1S/C26H26FN3O3S/c1-16-24(34-25(28-16)17-10-5-4-6-11-17)22(31)20-21(18-12-7-8-13-19(18)27)30(26(33)23(20)32)15-9-14-29(2)3/h4-8,10-13,21,32H,9,14-15H2,1-3H3. The highest BCUT2D eigenvalue weighted by Gasteiger charge is 2.45. The summed E-state index contributed by atoms with van der Waals surface area (Å²) in [6, 6.07) is 14.5. The molecule has 2 aromatic carbocycles. The predicted molar refractivity (Wildman–Crippen MR) is 130 cm³/mol. The predicted octanol–water partition coefficient (Wildman–Crippen LogP) is 4.79. The number of Topliss-reactive ketones (excluding diaryl/α,β-unsaturated/α-hetero) is 1. The van der Waals surface area contributed by atoms with Gasteiger partial charge in [-0.05, 0) is 40.1 Å². The Kier molecular flexibility index (Phi) is 6.90. The Balaban J connectivity index is 1.75. The van der Waals surface area contributed by atoms with E-state index in [1.54, 1.807) is 25.1 Å². The molecule has 0 saturated carbocycles. The van der Waals surface area contributed by atoms with Crippen LogP contribution in [0.15, 0.2) is 65.9 Å². The second-order valence-electron chi connectivity index (χ2n) is 8.47. The van der Waals surface area contributed by atoms with Crippen LogP contribution in [0.2, 0.25) is 0 Å². The zero-order chi connectivity index (χ0) is 24.4. The van der Waals surface area contributed by atoms with E-state index in [1.807, 2.05) is 49.3 Å². The Morgan fingerprint density at radius 2 is 1.82 bits per heavy atom. The van der Waals surface area contributed by atoms with Crippen LogP contribution < -0.4 is 0 Å². The molecule has 1 amide bonds. The summed E-state index contributed by atoms with van der Waals surface area (Å²) in [5.74, 6) is -2.34. The van der Waals surface area contributed by atoms with E-state index in [4.69, 9.17) is 0 Å². The molecule has 0 radical (unpaired) electrons. The molecule has 0 aliphatic carbocycles. The van der Waals surface area contributed by atoms with Crippen molar-refractivity contribution in [2.45, 2.75) is 19.4 Å². The summed E-state index contributed by atoms with van der Waals surface area (Å²) in [6.45, 7) is 2.69. The third kappa shape index (κ3) is 4.51. The number of hydrogen-bond donors (Lipinski definition) is 1. The lowest BCUT2D eigenvalue weighted by Gasteiger charge is -2.27. The van der Waals surface area contributed by atoms with E-state index in [0.717, 1.165) is 5.56 Å². The molecule has 1 N–H and O–H groups in total. The van der Waals surface area contributed by atoms with Crippen molar-refractivity contribution >= 4 is 23.0 Å². The summed E-state index contributed by atoms with van der Waals surface area (Å²) in [6.07, 6.45) is 0.607. The molecule has 1 unspecified atom stereocenters. The van der Waals surface area contributed by atoms with E-state index in [0.29, 0.717) is 28.5 Å². The van der Waals surface area contributed by atoms with Gasteiger partial charge >= 0.3 is 0 Å². The second-order valence-corrected chi connectivity index (χ2v) is 9.47. The highest BCUT2D eigenvalue weighted by molar-refractivity contribution is 7.17. The van der Waals surface area contributed by atoms with Crippen LogP contribution in [-0.4, -0.2) is 58.8 Å². The van der Waals surface area contributed by atoms with Crippen molar-refractivity contribution < 1.29 is 19.1 Å². The van der Waals surface area contributed by atoms with Gasteiger partial charge < -0.3 is 14.9 Å². The minimum atomic E-state index is -1.01. The number of rotatable bonds is 8. The molecule has 0 spiro atoms. The maximum Gasteiger partial charge on any atom is 0.290 e. The van der Waals surface area contributed by atoms with Crippen molar-refractivity contribution in [2.75, 3.05) is 27.2 Å². The summed E-state index contributed by atoms with van der Waals surface area (Å²) in [5.41, 5.74) is 1.44. The molecule has 4 rings (SSSR count). The largest absolute Gasteiger partial charge is 0.503 e. The van der Waals surface area contributed by atoms with E-state index in [-0.39, 0.29) is 17.7 Å². The Labute approximate surface area is 202 Å². The van der Waals surface area contributed by atoms with E-state index in [1.165, 1.54) is 22.3 Å². The molecule has 0 bridgehead atoms. The maximum atomic E-state index is 14.9. The molecular formula is C26H26FN3O3S. The van der Waals surface area contributed by atoms with Gasteiger partial charge in [0.2, 0.25) is 5.78 Å². The normalized spacial score (nSPS) is 16.1. The lowest BCUT2D eigenvalue weighted by molar-refractivity contribution is -0.129. The average Bonchev–Trinajstić information content (AvgIpc) is 3.32. The van der Waals surface area contributed by atoms with Crippen molar-refractivity contribution in [1.29, 1.82) is 0 Å². The molecule has 8 heteroatoms. The molecule has 0 saturated heterocycles. The van der Waals surface area contributed by atoms with Crippen LogP contribution in [0.3, 0.4) is 0 Å². The molecular weight excluding hydrogens is 453 g/mol. The first kappa shape index (κ1) is 23.8. The number of aliphatic hydroxyl groups is 1. The highest BCUT2D eigenvalue weighted by atomic mass is 32.1. The van der Waals surface area contributed by atoms with Crippen LogP contribution >= 0.6 is 11.3 Å². The third-order valence-electron chi connectivity index (χ3n) is 5.78. The lowest BCUT2D eigenvalue weighted by atomic mass is 9.94. The van der Waals surface area contributed by atoms with Crippen LogP contribution in [0, 0.1) is 12.7 Å². The van der Waals surface area contributed by atoms with Gasteiger partial charge in [-0.25, -0.2) is 9.37 Å². The van der Waals surface area contributed by atoms with Gasteiger partial charge in [0.15, 0.2) is 5.76 Å². The van der Waals surface area contributed by atoms with Crippen molar-refractivity contribution in [3.8, 4) is 10.6 Å². The Morgan fingerprint density at radius 1 is 1.15 bits per heavy atom. The Bertz CT molecular complexity index is 1250. The molecule has 1 aromatic heterocycles. The first-order valence-electron chi connectivity index (χ1n) is 11.0. The number of ketones is 1. The fourth-order valence-electron chi connectivity index (χ4n) is 4.13. The smallest absolute Gasteiger partial charge is 0.290 e. The molecule has 3 aromatic rings. The SMILES string of the molecule is Cc1nc(-c2ccccc2)sc1C(=O)C1=C(O)C(=O)N(CCCN(C)C)C1c1ccccc1F. The summed E-state index contributed by atoms with van der Waals surface area (Å²) in [4.78, 5) is 35.0. The van der Waals surface area contributed by atoms with Crippen LogP contribution in [-0.2, 0) is 4.79 Å². The first-order chi connectivity index (χ1) is 16.3. The van der Waals surface area contributed by atoms with Crippen molar-refractivity contribution in [1.82, 2.24) is 14.8 Å². The molecule has 2 heterocycles. The number of carbonyl (C=O) groups is 2. The zero-order valence-corrected chi connectivity index (χ0v) is 20.1. The van der Waals surface area contributed by atoms with Crippen molar-refractivity contribution in [3.63, 3.8) is 0 Å². The number of aromatic nitrogens is 1. The Hall–Kier alpha value is -3.36. The number of thiazole rings is 1. The molecule has 1 aliphatic heterocycles. The monoisotopic (exact) mass is 479 g/mol. The number of carbonyl (C=O) groups excluding carboxylic acids is 2. The molecule has 1 atom stereocenters. The molecule has 6 nitrogen and oxygen atoms in total. The number of benzene rings is 2. The average molecular weight is 480 g/mol. The minimum absolute atomic E-state index is 0.105. The maximum absolute atomic E-state index is 14.9. The highest BCUT2D eigenvalue weighted by Crippen LogP contribution is 2.41. The number of amides is 1. The quantitative estimate of drug-likeness (QED) is 0.471. The zero-order valence-electron chi connectivity index (χ0n) is 19.3. The number of nitrogens with zero attached hydrogens (tertiary/aromatic N) is 3. The van der Waals surface area contributed by atoms with Crippen molar-refractivity contribution in [2.24, 2.45) is 0 Å². The van der Waals surface area contributed by atoms with Crippen molar-refractivity contribution in [3.05, 3.63) is 87.9 Å². The van der Waals surface area contributed by atoms with Crippen LogP contribution in [0.1, 0.15) is 33.4 Å². The third-order valence-corrected chi connectivity index (χ3v) is 6.98. The van der Waals surface area contributed by atoms with Gasteiger partial charge in [-0.3, -0.25) is 9.59 Å². The molecule has 176 valence electrons. The van der Waals surface area contributed by atoms with E-state index >= 15 is 0 Å². The van der Waals surface area contributed by atoms with Gasteiger partial charge in [-0.15, -0.1) is 11.3 Å². The van der Waals surface area contributed by atoms with E-state index in [2.05, 4.69) is 4.98 Å². The van der Waals surface area contributed by atoms with Gasteiger partial charge in [-0.2, -0.15) is 0 Å². The van der Waals surface area contributed by atoms with Crippen LogP contribution in [0.5, 0.6) is 0 Å². The second kappa shape index (κ2) is 9.87. The number of aliphatic hydroxyl groups excluding tert-OH is 1. The van der Waals surface area contributed by atoms with Gasteiger partial charge in [0, 0.05) is 17.7 Å². The first-order valence-corrected chi connectivity index (χ1v) is 11.8. The number of aryl methyl sites for hydroxylation is 1. The van der Waals surface area contributed by atoms with Gasteiger partial charge in [-0.1, -0.05) is 48.5 Å². The van der Waals surface area contributed by atoms with Gasteiger partial charge in [0.25, 0.3) is 5.91 Å². The van der Waals surface area contributed by atoms with Gasteiger partial charge in [0.05, 0.1) is 22.2 Å². The molecule has 34 heavy (non-hydrogen) atoms. The minimum Gasteiger partial charge on any atom is -0.503 e. The lowest BCUT2D eigenvalue weighted by Crippen LogP contribution is -2.34. The van der Waals surface area contributed by atoms with Crippen LogP contribution in [0.4, 0.5) is 4.39 Å². The summed E-state index contributed by atoms with van der Waals surface area (Å²) in [5, 5.41) is 11.5. The molecule has 1 aliphatic rings. The fourth-order valence-corrected chi connectivity index (χ4v) is 5.15. The summed E-state index contributed by atoms with van der Waals surface area (Å²) >= 11 is 1.20. The number of halogens is 1. The van der Waals surface area contributed by atoms with E-state index < -0.39 is 29.3 Å². The summed E-state index contributed by atoms with van der Waals surface area (Å²) in [7, 11) is 3.84. The van der Waals surface area contributed by atoms with Gasteiger partial charge in [0.1, 0.15) is 10.8 Å². The topological polar surface area (TPSA) is 73.7 Å². The number of hydrogen-bond acceptors (Lipinski definition) is 6. The summed E-state index contributed by atoms with van der Waals surface area (Å²) < 4.78 is 14.9. The Morgan fingerprint density at radius 3 is 2.50 bits per heavy atom. The van der Waals surface area contributed by atoms with Crippen LogP contribution in [0.25, 0.3) is 10.6 Å².